The fourth-order valence-corrected chi connectivity index (χ4v) is 10.2. The number of hydrogen-bond donors (Lipinski definition) is 2. The molecule has 3 amide bonds. The summed E-state index contributed by atoms with van der Waals surface area (Å²) < 4.78 is 6.75. The fraction of sp³-hybridized carbons (Fsp3) is 0.690. The van der Waals surface area contributed by atoms with Gasteiger partial charge in [0.25, 0.3) is 5.91 Å². The summed E-state index contributed by atoms with van der Waals surface area (Å²) in [5.41, 5.74) is 0.515. The molecule has 1 spiro atoms. The van der Waals surface area contributed by atoms with E-state index >= 15 is 0 Å². The van der Waals surface area contributed by atoms with Crippen LogP contribution in [0.5, 0.6) is 0 Å². The number of carbonyl (C=O) groups is 3. The number of hydrogen-bond acceptors (Lipinski definition) is 6. The fourth-order valence-electron chi connectivity index (χ4n) is 7.61. The van der Waals surface area contributed by atoms with Gasteiger partial charge in [-0.15, -0.1) is 0 Å². The van der Waals surface area contributed by atoms with Crippen molar-refractivity contribution in [3.8, 4) is 0 Å². The summed E-state index contributed by atoms with van der Waals surface area (Å²) in [5.74, 6) is -0.587. The molecule has 3 fully saturated rings. The van der Waals surface area contributed by atoms with Crippen LogP contribution in [0.2, 0.25) is 18.6 Å². The number of anilines is 2. The zero-order valence-corrected chi connectivity index (χ0v) is 24.7. The topological polar surface area (TPSA) is 111 Å². The zero-order valence-electron chi connectivity index (χ0n) is 23.7. The molecule has 4 heterocycles. The highest BCUT2D eigenvalue weighted by Gasteiger charge is 2.66. The molecule has 39 heavy (non-hydrogen) atoms. The Morgan fingerprint density at radius 1 is 1.13 bits per heavy atom. The second kappa shape index (κ2) is 10.6. The number of amides is 3. The Morgan fingerprint density at radius 3 is 2.59 bits per heavy atom. The summed E-state index contributed by atoms with van der Waals surface area (Å²) in [6.45, 7) is 6.82. The third-order valence-electron chi connectivity index (χ3n) is 9.52. The Kier molecular flexibility index (Phi) is 7.69. The van der Waals surface area contributed by atoms with Gasteiger partial charge in [-0.25, -0.2) is 0 Å². The first-order valence-corrected chi connectivity index (χ1v) is 17.6. The highest BCUT2D eigenvalue weighted by molar-refractivity contribution is 6.71. The maximum atomic E-state index is 14.0. The Morgan fingerprint density at radius 2 is 1.87 bits per heavy atom. The molecular formula is C29H43N3O6Si. The molecule has 9 nitrogen and oxygen atoms in total. The lowest BCUT2D eigenvalue weighted by Gasteiger charge is -2.33. The van der Waals surface area contributed by atoms with Gasteiger partial charge in [0.05, 0.1) is 30.9 Å². The van der Waals surface area contributed by atoms with Gasteiger partial charge in [-0.1, -0.05) is 19.8 Å². The molecule has 0 bridgehead atoms. The number of rotatable bonds is 5. The van der Waals surface area contributed by atoms with Crippen molar-refractivity contribution in [1.29, 1.82) is 0 Å². The minimum absolute atomic E-state index is 0.0564. The van der Waals surface area contributed by atoms with Crippen LogP contribution < -0.4 is 9.80 Å². The largest absolute Gasteiger partial charge is 0.432 e. The van der Waals surface area contributed by atoms with Crippen LogP contribution in [0.4, 0.5) is 11.4 Å². The van der Waals surface area contributed by atoms with Gasteiger partial charge in [0.1, 0.15) is 0 Å². The van der Waals surface area contributed by atoms with E-state index in [1.54, 1.807) is 16.8 Å². The Hall–Kier alpha value is -2.27. The molecule has 5 atom stereocenters. The van der Waals surface area contributed by atoms with Crippen LogP contribution in [-0.4, -0.2) is 79.7 Å². The van der Waals surface area contributed by atoms with Crippen molar-refractivity contribution in [3.63, 3.8) is 0 Å². The van der Waals surface area contributed by atoms with Gasteiger partial charge < -0.3 is 29.3 Å². The quantitative estimate of drug-likeness (QED) is 0.539. The number of ether oxygens (including phenoxy) is 1. The Labute approximate surface area is 232 Å². The van der Waals surface area contributed by atoms with E-state index in [-0.39, 0.29) is 48.3 Å². The van der Waals surface area contributed by atoms with Gasteiger partial charge >= 0.3 is 0 Å². The Balaban J connectivity index is 1.53. The first-order valence-electron chi connectivity index (χ1n) is 14.5. The summed E-state index contributed by atoms with van der Waals surface area (Å²) in [7, 11) is -1.16. The van der Waals surface area contributed by atoms with Crippen LogP contribution in [0.3, 0.4) is 0 Å². The molecule has 0 aromatic heterocycles. The van der Waals surface area contributed by atoms with Crippen molar-refractivity contribution in [2.75, 3.05) is 36.5 Å². The molecule has 214 valence electrons. The summed E-state index contributed by atoms with van der Waals surface area (Å²) in [4.78, 5) is 57.1. The van der Waals surface area contributed by atoms with Crippen molar-refractivity contribution in [2.24, 2.45) is 5.92 Å². The van der Waals surface area contributed by atoms with Crippen molar-refractivity contribution in [2.45, 2.75) is 94.7 Å². The van der Waals surface area contributed by atoms with E-state index in [4.69, 9.17) is 4.74 Å². The molecule has 0 unspecified atom stereocenters. The highest BCUT2D eigenvalue weighted by atomic mass is 28.4. The van der Waals surface area contributed by atoms with Gasteiger partial charge in [-0.05, 0) is 57.0 Å². The average Bonchev–Trinajstić information content (AvgIpc) is 3.53. The molecule has 0 radical (unpaired) electrons. The maximum absolute atomic E-state index is 14.0. The number of nitrogens with zero attached hydrogens (tertiary/aromatic N) is 3. The minimum atomic E-state index is -2.90. The number of likely N-dealkylation sites (tertiary alicyclic amines) is 1. The molecule has 1 aromatic rings. The standard InChI is InChI=1S/C29H43N3O6Si/c1-19-27(39(3,4)37)24(17-26(35)32-15-9-10-21(32)18-33)38-29(19)22-16-20(12-13-23(22)30(2)28(29)36)31-14-8-6-5-7-11-25(31)34/h12-13,16,19,21,24,27,33,37H,5-11,14-15,17-18H2,1-4H3/t19-,21+,24+,27-,29+/m1/s1. The lowest BCUT2D eigenvalue weighted by molar-refractivity contribution is -0.149. The van der Waals surface area contributed by atoms with Crippen molar-refractivity contribution >= 4 is 37.4 Å². The van der Waals surface area contributed by atoms with E-state index in [1.165, 1.54) is 0 Å². The smallest absolute Gasteiger partial charge is 0.264 e. The lowest BCUT2D eigenvalue weighted by atomic mass is 9.82. The van der Waals surface area contributed by atoms with E-state index in [0.717, 1.165) is 49.9 Å². The summed E-state index contributed by atoms with van der Waals surface area (Å²) in [6.07, 6.45) is 5.52. The molecule has 4 aliphatic rings. The first-order chi connectivity index (χ1) is 18.5. The Bertz CT molecular complexity index is 1140. The van der Waals surface area contributed by atoms with Crippen molar-refractivity contribution in [3.05, 3.63) is 23.8 Å². The zero-order chi connectivity index (χ0) is 28.1. The number of benzene rings is 1. The molecule has 1 aromatic carbocycles. The van der Waals surface area contributed by atoms with Gasteiger partial charge in [0.15, 0.2) is 13.9 Å². The molecule has 4 aliphatic heterocycles. The molecule has 10 heteroatoms. The van der Waals surface area contributed by atoms with Crippen molar-refractivity contribution in [1.82, 2.24) is 4.90 Å². The van der Waals surface area contributed by atoms with Crippen LogP contribution >= 0.6 is 0 Å². The number of aliphatic hydroxyl groups excluding tert-OH is 1. The van der Waals surface area contributed by atoms with Crippen LogP contribution in [0.25, 0.3) is 0 Å². The highest BCUT2D eigenvalue weighted by Crippen LogP contribution is 2.59. The third kappa shape index (κ3) is 4.73. The average molecular weight is 558 g/mol. The maximum Gasteiger partial charge on any atom is 0.264 e. The van der Waals surface area contributed by atoms with Gasteiger partial charge in [0.2, 0.25) is 11.8 Å². The number of carbonyl (C=O) groups excluding carboxylic acids is 3. The summed E-state index contributed by atoms with van der Waals surface area (Å²) in [5, 5.41) is 9.76. The second-order valence-electron chi connectivity index (χ2n) is 12.4. The minimum Gasteiger partial charge on any atom is -0.432 e. The van der Waals surface area contributed by atoms with Crippen molar-refractivity contribution < 1.29 is 29.0 Å². The lowest BCUT2D eigenvalue weighted by Crippen LogP contribution is -2.45. The number of fused-ring (bicyclic) bond motifs is 2. The van der Waals surface area contributed by atoms with Crippen LogP contribution in [0.15, 0.2) is 18.2 Å². The second-order valence-corrected chi connectivity index (χ2v) is 16.4. The molecule has 0 aliphatic carbocycles. The number of aliphatic hydroxyl groups is 1. The molecule has 3 saturated heterocycles. The van der Waals surface area contributed by atoms with Gasteiger partial charge in [-0.3, -0.25) is 14.4 Å². The molecule has 5 rings (SSSR count). The monoisotopic (exact) mass is 557 g/mol. The van der Waals surface area contributed by atoms with Crippen LogP contribution in [-0.2, 0) is 24.7 Å². The van der Waals surface area contributed by atoms with E-state index in [0.29, 0.717) is 25.1 Å². The molecular weight excluding hydrogens is 514 g/mol. The van der Waals surface area contributed by atoms with E-state index in [9.17, 15) is 24.3 Å². The molecule has 0 saturated carbocycles. The van der Waals surface area contributed by atoms with E-state index < -0.39 is 20.0 Å². The van der Waals surface area contributed by atoms with Crippen LogP contribution in [0, 0.1) is 5.92 Å². The SMILES string of the molecule is C[C@@H]1[C@@H]([Si](C)(C)O)[C@H](CC(=O)N2CCC[C@H]2CO)O[C@@]12C(=O)N(C)c1ccc(N3CCCCCCC3=O)cc12. The van der Waals surface area contributed by atoms with Crippen LogP contribution in [0.1, 0.15) is 63.9 Å². The van der Waals surface area contributed by atoms with E-state index in [1.807, 2.05) is 43.1 Å². The van der Waals surface area contributed by atoms with Gasteiger partial charge in [-0.2, -0.15) is 0 Å². The summed E-state index contributed by atoms with van der Waals surface area (Å²) >= 11 is 0. The summed E-state index contributed by atoms with van der Waals surface area (Å²) in [6, 6.07) is 5.54. The normalized spacial score (nSPS) is 31.7. The van der Waals surface area contributed by atoms with E-state index in [2.05, 4.69) is 0 Å². The predicted molar refractivity (Wildman–Crippen MR) is 151 cm³/mol. The third-order valence-corrected chi connectivity index (χ3v) is 12.0. The van der Waals surface area contributed by atoms with Gasteiger partial charge in [0, 0.05) is 49.3 Å². The first kappa shape index (κ1) is 28.3. The number of likely N-dealkylation sites (N-methyl/N-ethyl adjacent to an activating group) is 1. The molecule has 2 N–H and O–H groups in total. The predicted octanol–water partition coefficient (Wildman–Crippen LogP) is 3.13.